The Morgan fingerprint density at radius 1 is 1.30 bits per heavy atom. The van der Waals surface area contributed by atoms with Crippen LogP contribution in [0.25, 0.3) is 0 Å². The van der Waals surface area contributed by atoms with Gasteiger partial charge < -0.3 is 11.1 Å². The van der Waals surface area contributed by atoms with Crippen molar-refractivity contribution in [2.75, 3.05) is 17.3 Å². The van der Waals surface area contributed by atoms with Crippen LogP contribution in [-0.2, 0) is 9.84 Å². The molecule has 0 aliphatic carbocycles. The highest BCUT2D eigenvalue weighted by Crippen LogP contribution is 2.18. The number of hydrogen-bond acceptors (Lipinski definition) is 5. The molecular formula is C12H14N4O3S. The third-order valence-corrected chi connectivity index (χ3v) is 3.66. The molecule has 0 saturated heterocycles. The van der Waals surface area contributed by atoms with Crippen molar-refractivity contribution in [2.24, 2.45) is 0 Å². The maximum Gasteiger partial charge on any atom is 0.256 e. The Morgan fingerprint density at radius 2 is 2.00 bits per heavy atom. The molecule has 0 fully saturated rings. The van der Waals surface area contributed by atoms with Crippen molar-refractivity contribution in [3.8, 4) is 0 Å². The minimum absolute atomic E-state index is 0.000795. The fourth-order valence-corrected chi connectivity index (χ4v) is 2.33. The lowest BCUT2D eigenvalue weighted by Gasteiger charge is -2.06. The maximum atomic E-state index is 12.0. The van der Waals surface area contributed by atoms with E-state index in [4.69, 9.17) is 5.73 Å². The molecule has 0 atom stereocenters. The van der Waals surface area contributed by atoms with Crippen LogP contribution in [0.2, 0.25) is 0 Å². The van der Waals surface area contributed by atoms with Gasteiger partial charge in [0, 0.05) is 29.3 Å². The second-order valence-corrected chi connectivity index (χ2v) is 6.47. The smallest absolute Gasteiger partial charge is 0.256 e. The number of nitrogens with two attached hydrogens (primary N) is 1. The van der Waals surface area contributed by atoms with Gasteiger partial charge in [0.15, 0.2) is 15.7 Å². The Labute approximate surface area is 116 Å². The SMILES string of the molecule is Cc1cc(NC(=O)c2cc(N)cc(S(C)(=O)=O)c2)n[nH]1. The highest BCUT2D eigenvalue weighted by Gasteiger charge is 2.14. The van der Waals surface area contributed by atoms with Crippen LogP contribution in [0.4, 0.5) is 11.5 Å². The molecule has 2 rings (SSSR count). The lowest BCUT2D eigenvalue weighted by molar-refractivity contribution is 0.102. The predicted octanol–water partition coefficient (Wildman–Crippen LogP) is 0.956. The summed E-state index contributed by atoms with van der Waals surface area (Å²) in [6.45, 7) is 1.80. The fourth-order valence-electron chi connectivity index (χ4n) is 1.64. The predicted molar refractivity (Wildman–Crippen MR) is 75.2 cm³/mol. The van der Waals surface area contributed by atoms with Gasteiger partial charge >= 0.3 is 0 Å². The monoisotopic (exact) mass is 294 g/mol. The number of carbonyl (C=O) groups is 1. The lowest BCUT2D eigenvalue weighted by atomic mass is 10.2. The topological polar surface area (TPSA) is 118 Å². The number of carbonyl (C=O) groups excluding carboxylic acids is 1. The number of amides is 1. The van der Waals surface area contributed by atoms with E-state index >= 15 is 0 Å². The molecule has 0 bridgehead atoms. The van der Waals surface area contributed by atoms with Crippen LogP contribution in [-0.4, -0.2) is 30.8 Å². The lowest BCUT2D eigenvalue weighted by Crippen LogP contribution is -2.13. The van der Waals surface area contributed by atoms with Crippen molar-refractivity contribution in [1.82, 2.24) is 10.2 Å². The number of nitrogens with one attached hydrogen (secondary N) is 2. The van der Waals surface area contributed by atoms with Crippen molar-refractivity contribution >= 4 is 27.2 Å². The van der Waals surface area contributed by atoms with Gasteiger partial charge in [0.1, 0.15) is 0 Å². The molecule has 2 aromatic rings. The van der Waals surface area contributed by atoms with E-state index in [2.05, 4.69) is 15.5 Å². The normalized spacial score (nSPS) is 11.3. The van der Waals surface area contributed by atoms with Crippen molar-refractivity contribution in [1.29, 1.82) is 0 Å². The summed E-state index contributed by atoms with van der Waals surface area (Å²) in [6.07, 6.45) is 1.06. The molecule has 0 spiro atoms. The zero-order valence-corrected chi connectivity index (χ0v) is 11.8. The molecule has 1 aromatic heterocycles. The number of aryl methyl sites for hydroxylation is 1. The van der Waals surface area contributed by atoms with Gasteiger partial charge in [0.2, 0.25) is 0 Å². The fraction of sp³-hybridized carbons (Fsp3) is 0.167. The minimum Gasteiger partial charge on any atom is -0.399 e. The van der Waals surface area contributed by atoms with E-state index in [0.717, 1.165) is 11.9 Å². The summed E-state index contributed by atoms with van der Waals surface area (Å²) in [7, 11) is -3.43. The van der Waals surface area contributed by atoms with E-state index in [1.807, 2.05) is 0 Å². The Hall–Kier alpha value is -2.35. The number of aromatic nitrogens is 2. The molecule has 106 valence electrons. The number of hydrogen-bond donors (Lipinski definition) is 3. The average molecular weight is 294 g/mol. The summed E-state index contributed by atoms with van der Waals surface area (Å²) in [5.74, 6) is -0.121. The van der Waals surface area contributed by atoms with E-state index in [9.17, 15) is 13.2 Å². The van der Waals surface area contributed by atoms with Gasteiger partial charge in [-0.05, 0) is 25.1 Å². The first kappa shape index (κ1) is 14.1. The van der Waals surface area contributed by atoms with Gasteiger partial charge in [-0.3, -0.25) is 9.89 Å². The molecule has 0 aliphatic heterocycles. The first-order chi connectivity index (χ1) is 9.25. The summed E-state index contributed by atoms with van der Waals surface area (Å²) in [6, 6.07) is 5.65. The van der Waals surface area contributed by atoms with Crippen molar-refractivity contribution in [2.45, 2.75) is 11.8 Å². The van der Waals surface area contributed by atoms with Crippen LogP contribution < -0.4 is 11.1 Å². The molecule has 0 saturated carbocycles. The Morgan fingerprint density at radius 3 is 2.55 bits per heavy atom. The molecule has 1 heterocycles. The maximum absolute atomic E-state index is 12.0. The summed E-state index contributed by atoms with van der Waals surface area (Å²) in [5, 5.41) is 9.11. The molecular weight excluding hydrogens is 280 g/mol. The van der Waals surface area contributed by atoms with Crippen molar-refractivity contribution < 1.29 is 13.2 Å². The third-order valence-electron chi connectivity index (χ3n) is 2.57. The number of nitrogens with zero attached hydrogens (tertiary/aromatic N) is 1. The number of anilines is 2. The van der Waals surface area contributed by atoms with Gasteiger partial charge in [-0.15, -0.1) is 0 Å². The zero-order valence-electron chi connectivity index (χ0n) is 11.0. The van der Waals surface area contributed by atoms with Gasteiger partial charge in [0.25, 0.3) is 5.91 Å². The Bertz CT molecular complexity index is 765. The molecule has 4 N–H and O–H groups in total. The summed E-state index contributed by atoms with van der Waals surface area (Å²) >= 11 is 0. The highest BCUT2D eigenvalue weighted by molar-refractivity contribution is 7.90. The van der Waals surface area contributed by atoms with Crippen LogP contribution in [0.5, 0.6) is 0 Å². The number of sulfone groups is 1. The molecule has 20 heavy (non-hydrogen) atoms. The summed E-state index contributed by atoms with van der Waals surface area (Å²) < 4.78 is 23.0. The van der Waals surface area contributed by atoms with Gasteiger partial charge in [-0.1, -0.05) is 0 Å². The molecule has 7 nitrogen and oxygen atoms in total. The number of nitrogen functional groups attached to an aromatic ring is 1. The molecule has 8 heteroatoms. The Balaban J connectivity index is 2.33. The summed E-state index contributed by atoms with van der Waals surface area (Å²) in [4.78, 5) is 12.0. The van der Waals surface area contributed by atoms with Crippen molar-refractivity contribution in [3.05, 3.63) is 35.5 Å². The van der Waals surface area contributed by atoms with Crippen molar-refractivity contribution in [3.63, 3.8) is 0 Å². The molecule has 0 aliphatic rings. The average Bonchev–Trinajstić information content (AvgIpc) is 2.72. The van der Waals surface area contributed by atoms with E-state index in [-0.39, 0.29) is 16.1 Å². The standard InChI is InChI=1S/C12H14N4O3S/c1-7-3-11(16-15-7)14-12(17)8-4-9(13)6-10(5-8)20(2,18)19/h3-6H,13H2,1-2H3,(H2,14,15,16,17). The molecule has 1 amide bonds. The first-order valence-electron chi connectivity index (χ1n) is 5.70. The minimum atomic E-state index is -3.43. The van der Waals surface area contributed by atoms with Crippen LogP contribution in [0.3, 0.4) is 0 Å². The van der Waals surface area contributed by atoms with E-state index in [1.165, 1.54) is 18.2 Å². The molecule has 0 unspecified atom stereocenters. The van der Waals surface area contributed by atoms with Crippen LogP contribution in [0.15, 0.2) is 29.2 Å². The first-order valence-corrected chi connectivity index (χ1v) is 7.59. The number of benzene rings is 1. The van der Waals surface area contributed by atoms with Gasteiger partial charge in [0.05, 0.1) is 4.90 Å². The second-order valence-electron chi connectivity index (χ2n) is 4.45. The highest BCUT2D eigenvalue weighted by atomic mass is 32.2. The van der Waals surface area contributed by atoms with Crippen LogP contribution in [0, 0.1) is 6.92 Å². The summed E-state index contributed by atoms with van der Waals surface area (Å²) in [5.41, 5.74) is 6.78. The Kier molecular flexibility index (Phi) is 3.49. The zero-order chi connectivity index (χ0) is 14.9. The van der Waals surface area contributed by atoms with Gasteiger partial charge in [-0.25, -0.2) is 8.42 Å². The van der Waals surface area contributed by atoms with Crippen LogP contribution in [0.1, 0.15) is 16.1 Å². The quantitative estimate of drug-likeness (QED) is 0.728. The largest absolute Gasteiger partial charge is 0.399 e. The van der Waals surface area contributed by atoms with Gasteiger partial charge in [-0.2, -0.15) is 5.10 Å². The number of aromatic amines is 1. The van der Waals surface area contributed by atoms with E-state index in [0.29, 0.717) is 5.82 Å². The number of H-pyrrole nitrogens is 1. The number of rotatable bonds is 3. The van der Waals surface area contributed by atoms with Crippen LogP contribution >= 0.6 is 0 Å². The molecule has 0 radical (unpaired) electrons. The molecule has 1 aromatic carbocycles. The van der Waals surface area contributed by atoms with E-state index in [1.54, 1.807) is 13.0 Å². The second kappa shape index (κ2) is 4.97. The van der Waals surface area contributed by atoms with E-state index < -0.39 is 15.7 Å². The third kappa shape index (κ3) is 3.15.